The molecule has 1 N–H and O–H groups in total. The quantitative estimate of drug-likeness (QED) is 0.143. The van der Waals surface area contributed by atoms with Crippen LogP contribution in [-0.2, 0) is 20.4 Å². The van der Waals surface area contributed by atoms with Crippen molar-refractivity contribution in [3.8, 4) is 0 Å². The van der Waals surface area contributed by atoms with Gasteiger partial charge in [0.1, 0.15) is 15.9 Å². The Labute approximate surface area is 217 Å². The molecule has 0 spiro atoms. The van der Waals surface area contributed by atoms with Crippen molar-refractivity contribution in [1.29, 1.82) is 0 Å². The first kappa shape index (κ1) is 31.2. The molecule has 3 rings (SSSR count). The van der Waals surface area contributed by atoms with Crippen LogP contribution in [0.1, 0.15) is 59.1 Å². The number of allylic oxidation sites excluding steroid dienone is 4. The van der Waals surface area contributed by atoms with Crippen LogP contribution in [0.4, 0.5) is 0 Å². The van der Waals surface area contributed by atoms with Crippen LogP contribution in [0.25, 0.3) is 5.73 Å². The number of benzene rings is 3. The maximum Gasteiger partial charge on any atom is 0.104 e. The molecular formula is C30H40NPRe. The second-order valence-electron chi connectivity index (χ2n) is 7.13. The van der Waals surface area contributed by atoms with Gasteiger partial charge in [0, 0.05) is 20.4 Å². The zero-order chi connectivity index (χ0) is 23.6. The Morgan fingerprint density at radius 2 is 1.09 bits per heavy atom. The molecule has 33 heavy (non-hydrogen) atoms. The summed E-state index contributed by atoms with van der Waals surface area (Å²) in [5, 5.41) is 4.06. The molecule has 3 aromatic rings. The van der Waals surface area contributed by atoms with Gasteiger partial charge in [-0.05, 0) is 62.6 Å². The Kier molecular flexibility index (Phi) is 18.6. The molecule has 3 heteroatoms. The Bertz CT molecular complexity index is 853. The van der Waals surface area contributed by atoms with Gasteiger partial charge in [0.15, 0.2) is 0 Å². The van der Waals surface area contributed by atoms with Crippen LogP contribution in [0.5, 0.6) is 0 Å². The number of hydrogen-bond acceptors (Lipinski definition) is 0. The van der Waals surface area contributed by atoms with Crippen LogP contribution in [0, 0.1) is 0 Å². The van der Waals surface area contributed by atoms with E-state index in [2.05, 4.69) is 117 Å². The molecule has 0 saturated carbocycles. The third-order valence-corrected chi connectivity index (χ3v) is 7.61. The average Bonchev–Trinajstić information content (AvgIpc) is 2.85. The van der Waals surface area contributed by atoms with Gasteiger partial charge in [0.25, 0.3) is 0 Å². The number of hydrogen-bond donors (Lipinski definition) is 0. The maximum absolute atomic E-state index is 8.19. The molecular weight excluding hydrogens is 592 g/mol. The van der Waals surface area contributed by atoms with Crippen molar-refractivity contribution in [2.75, 3.05) is 0 Å². The van der Waals surface area contributed by atoms with E-state index in [-0.39, 0.29) is 26.5 Å². The molecule has 0 amide bonds. The predicted molar refractivity (Wildman–Crippen MR) is 149 cm³/mol. The molecule has 1 nitrogen and oxygen atoms in total. The zero-order valence-electron chi connectivity index (χ0n) is 20.8. The molecule has 0 aliphatic rings. The van der Waals surface area contributed by atoms with E-state index in [1.54, 1.807) is 0 Å². The zero-order valence-corrected chi connectivity index (χ0v) is 24.5. The summed E-state index contributed by atoms with van der Waals surface area (Å²) in [6.45, 7) is 10.1. The predicted octanol–water partition coefficient (Wildman–Crippen LogP) is 8.23. The summed E-state index contributed by atoms with van der Waals surface area (Å²) in [5.74, 6) is 0. The maximum atomic E-state index is 8.19. The van der Waals surface area contributed by atoms with E-state index in [0.717, 1.165) is 5.56 Å². The van der Waals surface area contributed by atoms with Crippen molar-refractivity contribution >= 4 is 23.8 Å². The van der Waals surface area contributed by atoms with Gasteiger partial charge in [-0.1, -0.05) is 99.7 Å². The monoisotopic (exact) mass is 632 g/mol. The largest absolute Gasteiger partial charge is 0.671 e. The Morgan fingerprint density at radius 1 is 0.697 bits per heavy atom. The van der Waals surface area contributed by atoms with E-state index in [4.69, 9.17) is 5.73 Å². The second kappa shape index (κ2) is 19.6. The summed E-state index contributed by atoms with van der Waals surface area (Å²) in [5.41, 5.74) is 9.34. The molecule has 1 atom stereocenters. The number of rotatable bonds is 7. The van der Waals surface area contributed by atoms with Crippen LogP contribution < -0.4 is 15.9 Å². The molecule has 177 valence electrons. The first-order valence-corrected chi connectivity index (χ1v) is 13.2. The summed E-state index contributed by atoms with van der Waals surface area (Å²) in [6, 6.07) is 29.6. The topological polar surface area (TPSA) is 23.8 Å². The molecule has 0 aromatic heterocycles. The summed E-state index contributed by atoms with van der Waals surface area (Å²) < 4.78 is 0. The van der Waals surface area contributed by atoms with Gasteiger partial charge in [-0.2, -0.15) is 0 Å². The fourth-order valence-corrected chi connectivity index (χ4v) is 6.17. The third kappa shape index (κ3) is 11.2. The molecule has 0 bridgehead atoms. The molecule has 3 aromatic carbocycles. The normalized spacial score (nSPS) is 11.2. The molecule has 0 saturated heterocycles. The van der Waals surface area contributed by atoms with Crippen molar-refractivity contribution < 1.29 is 20.4 Å². The Balaban J connectivity index is 0.000000798. The van der Waals surface area contributed by atoms with Gasteiger partial charge in [-0.15, -0.1) is 6.04 Å². The second-order valence-corrected chi connectivity index (χ2v) is 9.57. The van der Waals surface area contributed by atoms with E-state index in [9.17, 15) is 0 Å². The summed E-state index contributed by atoms with van der Waals surface area (Å²) in [4.78, 5) is 0. The van der Waals surface area contributed by atoms with E-state index >= 15 is 0 Å². The van der Waals surface area contributed by atoms with Crippen LogP contribution in [-0.4, -0.2) is 0 Å². The van der Waals surface area contributed by atoms with Crippen LogP contribution in [0.3, 0.4) is 0 Å². The van der Waals surface area contributed by atoms with E-state index in [0.29, 0.717) is 0 Å². The van der Waals surface area contributed by atoms with Crippen molar-refractivity contribution in [1.82, 2.24) is 0 Å². The van der Waals surface area contributed by atoms with Gasteiger partial charge >= 0.3 is 0 Å². The third-order valence-electron chi connectivity index (χ3n) is 4.79. The molecule has 0 aliphatic carbocycles. The van der Waals surface area contributed by atoms with Gasteiger partial charge < -0.3 is 5.73 Å². The van der Waals surface area contributed by atoms with Gasteiger partial charge in [0.05, 0.1) is 7.92 Å². The average molecular weight is 632 g/mol. The summed E-state index contributed by atoms with van der Waals surface area (Å²) >= 11 is 0. The minimum absolute atomic E-state index is 0. The van der Waals surface area contributed by atoms with E-state index < -0.39 is 7.92 Å². The van der Waals surface area contributed by atoms with Gasteiger partial charge in [0.2, 0.25) is 0 Å². The van der Waals surface area contributed by atoms with E-state index in [1.807, 2.05) is 26.8 Å². The summed E-state index contributed by atoms with van der Waals surface area (Å²) in [6.07, 6.45) is 10.9. The van der Waals surface area contributed by atoms with Crippen molar-refractivity contribution in [2.45, 2.75) is 53.5 Å². The van der Waals surface area contributed by atoms with Crippen LogP contribution in [0.15, 0.2) is 109 Å². The van der Waals surface area contributed by atoms with Crippen molar-refractivity contribution in [2.24, 2.45) is 0 Å². The minimum atomic E-state index is -1.07. The summed E-state index contributed by atoms with van der Waals surface area (Å²) in [7, 11) is -1.07. The van der Waals surface area contributed by atoms with Gasteiger partial charge in [-0.3, -0.25) is 0 Å². The Hall–Kier alpha value is -1.81. The van der Waals surface area contributed by atoms with E-state index in [1.165, 1.54) is 28.8 Å². The molecule has 0 heterocycles. The number of nitrogens with one attached hydrogen (secondary N) is 1. The first-order chi connectivity index (χ1) is 15.7. The van der Waals surface area contributed by atoms with Crippen LogP contribution in [0.2, 0.25) is 0 Å². The standard InChI is InChI=1S/C20H19NP.C8H14.C2H6.Re/c1-16(21)19-14-8-9-15-20(19)22(17-10-4-2-5-11-17)18-12-6-3-7-13-18;1-3-5-7-8-6-4-2;1-2;/h2-16,21H,1H3;3-6H,7-8H2,1-2H3;1-2H3;/q-1;;;/p+1/b;5-3-,6-4-;;/t16-;;;/m1.../s1. The molecule has 0 fully saturated rings. The first-order valence-electron chi connectivity index (χ1n) is 11.7. The fourth-order valence-electron chi connectivity index (χ4n) is 3.32. The Morgan fingerprint density at radius 3 is 1.48 bits per heavy atom. The fraction of sp³-hybridized carbons (Fsp3) is 0.267. The van der Waals surface area contributed by atoms with Crippen molar-refractivity contribution in [3.05, 3.63) is 121 Å². The number of unbranched alkanes of at least 4 members (excludes halogenated alkanes) is 1. The van der Waals surface area contributed by atoms with Gasteiger partial charge in [-0.25, -0.2) is 0 Å². The molecule has 0 aliphatic heterocycles. The minimum Gasteiger partial charge on any atom is -0.671 e. The smallest absolute Gasteiger partial charge is 0.104 e. The molecule has 1 radical (unpaired) electrons. The van der Waals surface area contributed by atoms with Crippen LogP contribution >= 0.6 is 7.92 Å². The molecule has 0 unspecified atom stereocenters. The van der Waals surface area contributed by atoms with Crippen molar-refractivity contribution in [3.63, 3.8) is 0 Å². The SMILES string of the molecule is C/C=C\CC/C=C\C.CC.C[C@@H]([NH-])c1ccccc1[PH+](c1ccccc1)c1ccccc1.[Re].